The molecule has 3 unspecified atom stereocenters. The lowest BCUT2D eigenvalue weighted by Crippen LogP contribution is -2.34. The van der Waals surface area contributed by atoms with Gasteiger partial charge in [-0.15, -0.1) is 0 Å². The molecule has 2 amide bonds. The molecular weight excluding hydrogens is 392 g/mol. The van der Waals surface area contributed by atoms with E-state index in [1.165, 1.54) is 74.9 Å². The molecule has 1 fully saturated rings. The van der Waals surface area contributed by atoms with Gasteiger partial charge in [0.1, 0.15) is 5.75 Å². The maximum Gasteiger partial charge on any atom is 0.278 e. The van der Waals surface area contributed by atoms with Crippen LogP contribution in [0.3, 0.4) is 0 Å². The fourth-order valence-electron chi connectivity index (χ4n) is 4.73. The third kappa shape index (κ3) is 7.69. The van der Waals surface area contributed by atoms with Crippen molar-refractivity contribution in [1.29, 1.82) is 0 Å². The molecule has 1 aliphatic rings. The van der Waals surface area contributed by atoms with Gasteiger partial charge < -0.3 is 10.5 Å². The van der Waals surface area contributed by atoms with Crippen molar-refractivity contribution in [3.63, 3.8) is 0 Å². The number of primary amides is 1. The number of hydrogen-bond acceptors (Lipinski definition) is 4. The number of allylic oxidation sites excluding steroid dienone is 1. The van der Waals surface area contributed by atoms with Crippen LogP contribution in [0.1, 0.15) is 94.4 Å². The number of methoxy groups -OCH3 is 1. The second-order valence-corrected chi connectivity index (χ2v) is 8.57. The number of benzene rings is 1. The van der Waals surface area contributed by atoms with E-state index in [9.17, 15) is 9.59 Å². The molecule has 0 heterocycles. The van der Waals surface area contributed by atoms with E-state index in [1.54, 1.807) is 0 Å². The van der Waals surface area contributed by atoms with Crippen LogP contribution in [0.15, 0.2) is 30.4 Å². The first-order chi connectivity index (χ1) is 14.1. The molecule has 6 nitrogen and oxygen atoms in total. The molecule has 0 radical (unpaired) electrons. The third-order valence-electron chi connectivity index (χ3n) is 6.30. The van der Waals surface area contributed by atoms with Gasteiger partial charge in [0.25, 0.3) is 5.91 Å². The zero-order valence-electron chi connectivity index (χ0n) is 19.1. The van der Waals surface area contributed by atoms with Gasteiger partial charge in [-0.3, -0.25) is 14.8 Å². The summed E-state index contributed by atoms with van der Waals surface area (Å²) in [5.74, 6) is 0.544. The summed E-state index contributed by atoms with van der Waals surface area (Å²) >= 11 is 0. The summed E-state index contributed by atoms with van der Waals surface area (Å²) in [7, 11) is 1.34. The smallest absolute Gasteiger partial charge is 0.278 e. The number of ether oxygens (including phenoxy) is 1. The number of nitrogens with one attached hydrogen (secondary N) is 1. The quantitative estimate of drug-likeness (QED) is 0.289. The van der Waals surface area contributed by atoms with Crippen LogP contribution in [0.2, 0.25) is 0 Å². The Kier molecular flexibility index (Phi) is 12.2. The molecule has 176 valence electrons. The normalized spacial score (nSPS) is 21.1. The second-order valence-electron chi connectivity index (χ2n) is 8.57. The Morgan fingerprint density at radius 1 is 1.39 bits per heavy atom. The summed E-state index contributed by atoms with van der Waals surface area (Å²) in [5, 5.41) is 8.44. The molecular formula is C25H42N2O4. The summed E-state index contributed by atoms with van der Waals surface area (Å²) in [4.78, 5) is 22.0. The maximum atomic E-state index is 11.1. The molecule has 3 atom stereocenters. The predicted molar refractivity (Wildman–Crippen MR) is 126 cm³/mol. The van der Waals surface area contributed by atoms with E-state index in [1.807, 2.05) is 0 Å². The van der Waals surface area contributed by atoms with Gasteiger partial charge in [-0.05, 0) is 61.1 Å². The highest BCUT2D eigenvalue weighted by atomic mass is 16.5. The molecule has 1 aliphatic carbocycles. The minimum atomic E-state index is -0.720. The molecule has 1 saturated carbocycles. The molecule has 1 aromatic carbocycles. The van der Waals surface area contributed by atoms with Crippen molar-refractivity contribution >= 4 is 11.8 Å². The summed E-state index contributed by atoms with van der Waals surface area (Å²) in [6.07, 6.45) is 8.01. The van der Waals surface area contributed by atoms with Crippen molar-refractivity contribution in [3.8, 4) is 5.75 Å². The second kappa shape index (κ2) is 13.2. The molecule has 31 heavy (non-hydrogen) atoms. The minimum absolute atomic E-state index is 0. The number of amides is 2. The number of hydrogen-bond donors (Lipinski definition) is 3. The Morgan fingerprint density at radius 3 is 2.48 bits per heavy atom. The van der Waals surface area contributed by atoms with E-state index in [2.05, 4.69) is 34.3 Å². The standard InChI is InChI=1S/C15H28.C9H10N2O4.CH4/c1-6-8-14(5)15(7-2)10-12(3)9-13(4)11-15;1-15-7-4-5(8(10)12)2-3-6(7)9(13)11-14;/h13-14H,3,6-11H2,1-2,4-5H3;2-4,14H,1H3,(H2,10,12)(H,11,13);1H4. The first-order valence-corrected chi connectivity index (χ1v) is 10.7. The monoisotopic (exact) mass is 434 g/mol. The third-order valence-corrected chi connectivity index (χ3v) is 6.30. The highest BCUT2D eigenvalue weighted by Crippen LogP contribution is 2.50. The average Bonchev–Trinajstić information content (AvgIpc) is 2.72. The Hall–Kier alpha value is -2.34. The van der Waals surface area contributed by atoms with Crippen molar-refractivity contribution in [2.24, 2.45) is 23.0 Å². The Bertz CT molecular complexity index is 747. The van der Waals surface area contributed by atoms with Gasteiger partial charge in [-0.25, -0.2) is 5.48 Å². The minimum Gasteiger partial charge on any atom is -0.496 e. The van der Waals surface area contributed by atoms with Crippen LogP contribution in [0.4, 0.5) is 0 Å². The summed E-state index contributed by atoms with van der Waals surface area (Å²) in [6, 6.07) is 4.03. The van der Waals surface area contributed by atoms with Crippen molar-refractivity contribution in [1.82, 2.24) is 5.48 Å². The molecule has 0 bridgehead atoms. The molecule has 0 spiro atoms. The van der Waals surface area contributed by atoms with Gasteiger partial charge in [0, 0.05) is 5.56 Å². The number of carbonyl (C=O) groups is 2. The van der Waals surface area contributed by atoms with Crippen molar-refractivity contribution in [2.75, 3.05) is 7.11 Å². The van der Waals surface area contributed by atoms with Gasteiger partial charge in [-0.1, -0.05) is 60.1 Å². The van der Waals surface area contributed by atoms with Gasteiger partial charge >= 0.3 is 0 Å². The fourth-order valence-corrected chi connectivity index (χ4v) is 4.73. The van der Waals surface area contributed by atoms with Gasteiger partial charge in [0.15, 0.2) is 0 Å². The Balaban J connectivity index is 0.000000562. The van der Waals surface area contributed by atoms with Crippen molar-refractivity contribution < 1.29 is 19.5 Å². The highest BCUT2D eigenvalue weighted by molar-refractivity contribution is 5.99. The molecule has 1 aromatic rings. The lowest BCUT2D eigenvalue weighted by atomic mass is 9.60. The topological polar surface area (TPSA) is 102 Å². The summed E-state index contributed by atoms with van der Waals surface area (Å²) < 4.78 is 4.88. The predicted octanol–water partition coefficient (Wildman–Crippen LogP) is 5.74. The van der Waals surface area contributed by atoms with Crippen LogP contribution in [-0.2, 0) is 0 Å². The zero-order chi connectivity index (χ0) is 22.9. The fraction of sp³-hybridized carbons (Fsp3) is 0.600. The van der Waals surface area contributed by atoms with Crippen LogP contribution in [0.5, 0.6) is 5.75 Å². The van der Waals surface area contributed by atoms with Gasteiger partial charge in [0.2, 0.25) is 5.91 Å². The molecule has 4 N–H and O–H groups in total. The molecule has 2 rings (SSSR count). The first kappa shape index (κ1) is 28.7. The Labute approximate surface area is 188 Å². The summed E-state index contributed by atoms with van der Waals surface area (Å²) in [6.45, 7) is 13.8. The van der Waals surface area contributed by atoms with Gasteiger partial charge in [0.05, 0.1) is 12.7 Å². The van der Waals surface area contributed by atoms with Crippen LogP contribution < -0.4 is 16.0 Å². The first-order valence-electron chi connectivity index (χ1n) is 10.7. The number of nitrogens with two attached hydrogens (primary N) is 1. The van der Waals surface area contributed by atoms with E-state index in [-0.39, 0.29) is 24.3 Å². The van der Waals surface area contributed by atoms with E-state index in [0.29, 0.717) is 5.41 Å². The van der Waals surface area contributed by atoms with Gasteiger partial charge in [-0.2, -0.15) is 0 Å². The van der Waals surface area contributed by atoms with Crippen LogP contribution in [0.25, 0.3) is 0 Å². The van der Waals surface area contributed by atoms with Crippen LogP contribution in [-0.4, -0.2) is 24.1 Å². The number of carbonyl (C=O) groups excluding carboxylic acids is 2. The number of rotatable bonds is 7. The molecule has 6 heteroatoms. The van der Waals surface area contributed by atoms with E-state index >= 15 is 0 Å². The average molecular weight is 435 g/mol. The van der Waals surface area contributed by atoms with Crippen LogP contribution in [0, 0.1) is 17.3 Å². The zero-order valence-corrected chi connectivity index (χ0v) is 19.1. The highest BCUT2D eigenvalue weighted by Gasteiger charge is 2.38. The molecule has 0 aromatic heterocycles. The van der Waals surface area contributed by atoms with E-state index in [0.717, 1.165) is 11.8 Å². The molecule has 0 saturated heterocycles. The summed E-state index contributed by atoms with van der Waals surface area (Å²) in [5.41, 5.74) is 8.93. The maximum absolute atomic E-state index is 11.1. The van der Waals surface area contributed by atoms with Crippen molar-refractivity contribution in [2.45, 2.75) is 73.6 Å². The van der Waals surface area contributed by atoms with E-state index in [4.69, 9.17) is 15.7 Å². The lowest BCUT2D eigenvalue weighted by molar-refractivity contribution is 0.0702. The number of hydroxylamine groups is 1. The van der Waals surface area contributed by atoms with E-state index < -0.39 is 11.8 Å². The van der Waals surface area contributed by atoms with Crippen LogP contribution >= 0.6 is 0 Å². The Morgan fingerprint density at radius 2 is 2.03 bits per heavy atom. The SMILES string of the molecule is C.C=C1CC(C)CC(CC)(C(C)CCC)C1.COc1cc(C(N)=O)ccc1C(=O)NO. The molecule has 0 aliphatic heterocycles. The van der Waals surface area contributed by atoms with Crippen molar-refractivity contribution in [3.05, 3.63) is 41.5 Å². The largest absolute Gasteiger partial charge is 0.496 e. The lowest BCUT2D eigenvalue weighted by Gasteiger charge is -2.45.